The third-order valence-corrected chi connectivity index (χ3v) is 5.48. The van der Waals surface area contributed by atoms with Crippen LogP contribution in [0.25, 0.3) is 0 Å². The molecule has 1 aliphatic carbocycles. The van der Waals surface area contributed by atoms with Crippen LogP contribution in [0.5, 0.6) is 0 Å². The highest BCUT2D eigenvalue weighted by Gasteiger charge is 2.40. The van der Waals surface area contributed by atoms with Crippen LogP contribution in [0.2, 0.25) is 0 Å². The number of rotatable bonds is 2. The number of anilines is 1. The molecule has 4 rings (SSSR count). The van der Waals surface area contributed by atoms with Gasteiger partial charge in [-0.1, -0.05) is 42.5 Å². The van der Waals surface area contributed by atoms with Crippen molar-refractivity contribution >= 4 is 27.3 Å². The minimum atomic E-state index is -0.288. The van der Waals surface area contributed by atoms with E-state index in [1.54, 1.807) is 12.1 Å². The number of benzene rings is 2. The maximum absolute atomic E-state index is 11.4. The Morgan fingerprint density at radius 2 is 1.91 bits per heavy atom. The molecule has 0 aromatic heterocycles. The van der Waals surface area contributed by atoms with Crippen LogP contribution in [-0.4, -0.2) is 4.92 Å². The van der Waals surface area contributed by atoms with E-state index in [0.717, 1.165) is 22.1 Å². The Bertz CT molecular complexity index is 818. The molecule has 2 aliphatic rings. The van der Waals surface area contributed by atoms with Crippen molar-refractivity contribution in [3.8, 4) is 0 Å². The number of hydrogen-bond acceptors (Lipinski definition) is 3. The molecule has 0 spiro atoms. The second-order valence-electron chi connectivity index (χ2n) is 6.00. The van der Waals surface area contributed by atoms with Gasteiger partial charge in [-0.15, -0.1) is 0 Å². The van der Waals surface area contributed by atoms with Crippen molar-refractivity contribution in [2.75, 3.05) is 5.32 Å². The lowest BCUT2D eigenvalue weighted by Gasteiger charge is -2.37. The Balaban J connectivity index is 1.86. The van der Waals surface area contributed by atoms with E-state index in [9.17, 15) is 10.1 Å². The third-order valence-electron chi connectivity index (χ3n) is 4.81. The summed E-state index contributed by atoms with van der Waals surface area (Å²) >= 11 is 3.61. The van der Waals surface area contributed by atoms with Gasteiger partial charge >= 0.3 is 0 Å². The molecule has 0 bridgehead atoms. The van der Waals surface area contributed by atoms with Gasteiger partial charge in [0, 0.05) is 16.5 Å². The maximum Gasteiger partial charge on any atom is 0.274 e. The number of nitrogens with zero attached hydrogens (tertiary/aromatic N) is 1. The first-order valence-electron chi connectivity index (χ1n) is 7.61. The molecule has 116 valence electrons. The molecule has 0 radical (unpaired) electrons. The number of nitro groups is 1. The van der Waals surface area contributed by atoms with Crippen LogP contribution >= 0.6 is 15.9 Å². The highest BCUT2D eigenvalue weighted by molar-refractivity contribution is 9.10. The smallest absolute Gasteiger partial charge is 0.274 e. The number of nitrogens with one attached hydrogen (secondary N) is 1. The molecule has 0 fully saturated rings. The average molecular weight is 371 g/mol. The minimum Gasteiger partial charge on any atom is -0.376 e. The van der Waals surface area contributed by atoms with Crippen LogP contribution < -0.4 is 5.32 Å². The second kappa shape index (κ2) is 5.49. The molecule has 1 aliphatic heterocycles. The Labute approximate surface area is 142 Å². The molecule has 5 heteroatoms. The number of fused-ring (bicyclic) bond motifs is 3. The van der Waals surface area contributed by atoms with E-state index >= 15 is 0 Å². The van der Waals surface area contributed by atoms with Gasteiger partial charge in [0.1, 0.15) is 0 Å². The molecule has 3 atom stereocenters. The maximum atomic E-state index is 11.4. The fourth-order valence-corrected chi connectivity index (χ4v) is 4.30. The number of halogens is 1. The summed E-state index contributed by atoms with van der Waals surface area (Å²) in [6.45, 7) is 0. The Kier molecular flexibility index (Phi) is 3.45. The van der Waals surface area contributed by atoms with Crippen LogP contribution in [0.3, 0.4) is 0 Å². The molecule has 1 heterocycles. The van der Waals surface area contributed by atoms with Crippen molar-refractivity contribution in [2.24, 2.45) is 5.92 Å². The summed E-state index contributed by atoms with van der Waals surface area (Å²) in [5.74, 6) is 0.603. The van der Waals surface area contributed by atoms with E-state index in [1.807, 2.05) is 24.3 Å². The van der Waals surface area contributed by atoms with E-state index in [-0.39, 0.29) is 16.7 Å². The summed E-state index contributed by atoms with van der Waals surface area (Å²) in [7, 11) is 0. The molecular formula is C18H15BrN2O2. The van der Waals surface area contributed by atoms with Gasteiger partial charge in [-0.05, 0) is 39.9 Å². The summed E-state index contributed by atoms with van der Waals surface area (Å²) in [6, 6.07) is 13.2. The number of hydrogen-bond donors (Lipinski definition) is 1. The van der Waals surface area contributed by atoms with Gasteiger partial charge in [0.25, 0.3) is 5.69 Å². The van der Waals surface area contributed by atoms with Crippen LogP contribution in [0.15, 0.2) is 59.1 Å². The summed E-state index contributed by atoms with van der Waals surface area (Å²) in [5, 5.41) is 15.0. The Hall–Kier alpha value is -2.14. The van der Waals surface area contributed by atoms with Gasteiger partial charge in [0.15, 0.2) is 0 Å². The fourth-order valence-electron chi connectivity index (χ4n) is 3.81. The highest BCUT2D eigenvalue weighted by atomic mass is 79.9. The number of para-hydroxylation sites is 2. The highest BCUT2D eigenvalue weighted by Crippen LogP contribution is 2.52. The zero-order valence-corrected chi connectivity index (χ0v) is 13.9. The molecule has 2 aromatic rings. The molecule has 0 saturated heterocycles. The molecule has 23 heavy (non-hydrogen) atoms. The quantitative estimate of drug-likeness (QED) is 0.449. The molecule has 4 nitrogen and oxygen atoms in total. The van der Waals surface area contributed by atoms with Crippen molar-refractivity contribution in [3.63, 3.8) is 0 Å². The minimum absolute atomic E-state index is 0.0669. The van der Waals surface area contributed by atoms with Crippen LogP contribution in [0, 0.1) is 16.0 Å². The van der Waals surface area contributed by atoms with Crippen LogP contribution in [0.1, 0.15) is 29.5 Å². The van der Waals surface area contributed by atoms with Crippen molar-refractivity contribution in [3.05, 3.63) is 80.3 Å². The summed E-state index contributed by atoms with van der Waals surface area (Å²) in [6.07, 6.45) is 5.35. The van der Waals surface area contributed by atoms with E-state index in [4.69, 9.17) is 0 Å². The van der Waals surface area contributed by atoms with Crippen molar-refractivity contribution in [2.45, 2.75) is 18.4 Å². The van der Waals surface area contributed by atoms with E-state index in [0.29, 0.717) is 11.8 Å². The zero-order chi connectivity index (χ0) is 16.0. The first-order valence-corrected chi connectivity index (χ1v) is 8.41. The fraction of sp³-hybridized carbons (Fsp3) is 0.222. The second-order valence-corrected chi connectivity index (χ2v) is 6.85. The first kappa shape index (κ1) is 14.5. The van der Waals surface area contributed by atoms with Crippen molar-refractivity contribution < 1.29 is 4.92 Å². The Morgan fingerprint density at radius 1 is 1.13 bits per heavy atom. The van der Waals surface area contributed by atoms with Gasteiger partial charge < -0.3 is 5.32 Å². The van der Waals surface area contributed by atoms with Gasteiger partial charge in [0.05, 0.1) is 22.2 Å². The lowest BCUT2D eigenvalue weighted by Crippen LogP contribution is -2.29. The van der Waals surface area contributed by atoms with Gasteiger partial charge in [-0.3, -0.25) is 10.1 Å². The summed E-state index contributed by atoms with van der Waals surface area (Å²) < 4.78 is 0.998. The molecule has 0 unspecified atom stereocenters. The lowest BCUT2D eigenvalue weighted by atomic mass is 9.77. The third kappa shape index (κ3) is 2.27. The Morgan fingerprint density at radius 3 is 2.74 bits per heavy atom. The molecule has 2 aromatic carbocycles. The van der Waals surface area contributed by atoms with Gasteiger partial charge in [0.2, 0.25) is 0 Å². The van der Waals surface area contributed by atoms with Crippen molar-refractivity contribution in [1.29, 1.82) is 0 Å². The number of nitro benzene ring substituents is 1. The van der Waals surface area contributed by atoms with Crippen LogP contribution in [-0.2, 0) is 0 Å². The van der Waals surface area contributed by atoms with Gasteiger partial charge in [-0.2, -0.15) is 0 Å². The predicted molar refractivity (Wildman–Crippen MR) is 93.6 cm³/mol. The molecular weight excluding hydrogens is 356 g/mol. The van der Waals surface area contributed by atoms with Crippen LogP contribution in [0.4, 0.5) is 11.4 Å². The first-order chi connectivity index (χ1) is 11.2. The molecule has 0 saturated carbocycles. The monoisotopic (exact) mass is 370 g/mol. The zero-order valence-electron chi connectivity index (χ0n) is 12.3. The summed E-state index contributed by atoms with van der Waals surface area (Å²) in [4.78, 5) is 11.1. The lowest BCUT2D eigenvalue weighted by molar-refractivity contribution is -0.385. The SMILES string of the molecule is O=[N+]([O-])c1ccccc1[C@@H]1Nc2c(Br)cccc2[C@H]2C=CC[C@H]21. The standard InChI is InChI=1S/C18H15BrN2O2/c19-15-9-4-8-13-11-6-3-7-12(11)17(20-18(13)15)14-5-1-2-10-16(14)21(22)23/h1-6,8-12,17,20H,7H2/t11-,12+,17+/m0/s1. The van der Waals surface area contributed by atoms with E-state index < -0.39 is 0 Å². The van der Waals surface area contributed by atoms with E-state index in [1.165, 1.54) is 5.56 Å². The largest absolute Gasteiger partial charge is 0.376 e. The number of allylic oxidation sites excluding steroid dienone is 2. The molecule has 1 N–H and O–H groups in total. The summed E-state index contributed by atoms with van der Waals surface area (Å²) in [5.41, 5.74) is 3.25. The normalized spacial score (nSPS) is 24.7. The van der Waals surface area contributed by atoms with Crippen molar-refractivity contribution in [1.82, 2.24) is 0 Å². The predicted octanol–water partition coefficient (Wildman–Crippen LogP) is 5.18. The topological polar surface area (TPSA) is 55.2 Å². The van der Waals surface area contributed by atoms with E-state index in [2.05, 4.69) is 39.5 Å². The average Bonchev–Trinajstić information content (AvgIpc) is 3.04. The molecule has 0 amide bonds. The van der Waals surface area contributed by atoms with Gasteiger partial charge in [-0.25, -0.2) is 0 Å².